The molecule has 33 heavy (non-hydrogen) atoms. The van der Waals surface area contributed by atoms with Crippen LogP contribution in [0.1, 0.15) is 47.6 Å². The van der Waals surface area contributed by atoms with Gasteiger partial charge in [-0.15, -0.1) is 0 Å². The van der Waals surface area contributed by atoms with Crippen molar-refractivity contribution in [2.24, 2.45) is 0 Å². The van der Waals surface area contributed by atoms with Crippen molar-refractivity contribution < 1.29 is 19.1 Å². The van der Waals surface area contributed by atoms with Gasteiger partial charge in [-0.05, 0) is 80.1 Å². The summed E-state index contributed by atoms with van der Waals surface area (Å²) in [4.78, 5) is 26.4. The van der Waals surface area contributed by atoms with Crippen LogP contribution in [0.4, 0.5) is 0 Å². The molecule has 1 fully saturated rings. The highest BCUT2D eigenvalue weighted by Gasteiger charge is 2.31. The minimum atomic E-state index is -0.256. The third-order valence-electron chi connectivity index (χ3n) is 5.47. The van der Waals surface area contributed by atoms with Gasteiger partial charge in [0.25, 0.3) is 5.91 Å². The Labute approximate surface area is 205 Å². The van der Waals surface area contributed by atoms with E-state index in [2.05, 4.69) is 32.9 Å². The number of carbonyl (C=O) groups is 2. The quantitative estimate of drug-likeness (QED) is 0.258. The second kappa shape index (κ2) is 11.5. The lowest BCUT2D eigenvalue weighted by Gasteiger charge is -2.13. The number of amides is 1. The standard InChI is InChI=1S/C26H29NO4S2/c1-5-30-24(28)7-6-12-27-25(29)23(33-26(27)32)15-20-8-10-22(11-9-20)31-16-21-14-18(3)17(2)13-19(21)4/h8-11,13-15H,5-7,12,16H2,1-4H3/b23-15+. The van der Waals surface area contributed by atoms with Gasteiger partial charge in [0, 0.05) is 13.0 Å². The van der Waals surface area contributed by atoms with Crippen LogP contribution >= 0.6 is 24.0 Å². The molecule has 1 aliphatic rings. The van der Waals surface area contributed by atoms with Crippen LogP contribution < -0.4 is 4.74 Å². The molecule has 0 aliphatic carbocycles. The molecule has 0 saturated carbocycles. The Morgan fingerprint density at radius 1 is 1.09 bits per heavy atom. The Balaban J connectivity index is 1.58. The molecular formula is C26H29NO4S2. The molecule has 0 bridgehead atoms. The highest BCUT2D eigenvalue weighted by Crippen LogP contribution is 2.33. The van der Waals surface area contributed by atoms with E-state index >= 15 is 0 Å². The molecule has 3 rings (SSSR count). The number of hydrogen-bond acceptors (Lipinski definition) is 6. The van der Waals surface area contributed by atoms with Crippen LogP contribution in [0.5, 0.6) is 5.75 Å². The first-order valence-electron chi connectivity index (χ1n) is 11.0. The Bertz CT molecular complexity index is 1080. The number of thioether (sulfide) groups is 1. The second-order valence-electron chi connectivity index (χ2n) is 7.96. The van der Waals surface area contributed by atoms with E-state index in [0.717, 1.165) is 11.3 Å². The van der Waals surface area contributed by atoms with E-state index in [1.54, 1.807) is 11.8 Å². The van der Waals surface area contributed by atoms with Crippen LogP contribution in [-0.4, -0.2) is 34.2 Å². The van der Waals surface area contributed by atoms with Crippen LogP contribution in [-0.2, 0) is 20.9 Å². The average Bonchev–Trinajstić information content (AvgIpc) is 3.04. The lowest BCUT2D eigenvalue weighted by Crippen LogP contribution is -2.29. The van der Waals surface area contributed by atoms with Gasteiger partial charge in [0.2, 0.25) is 0 Å². The monoisotopic (exact) mass is 483 g/mol. The van der Waals surface area contributed by atoms with Crippen LogP contribution in [0.2, 0.25) is 0 Å². The van der Waals surface area contributed by atoms with Crippen molar-refractivity contribution in [2.75, 3.05) is 13.2 Å². The van der Waals surface area contributed by atoms with E-state index in [1.807, 2.05) is 30.3 Å². The second-order valence-corrected chi connectivity index (χ2v) is 9.64. The largest absolute Gasteiger partial charge is 0.489 e. The molecule has 1 aliphatic heterocycles. The number of rotatable bonds is 9. The molecule has 0 N–H and O–H groups in total. The maximum Gasteiger partial charge on any atom is 0.305 e. The summed E-state index contributed by atoms with van der Waals surface area (Å²) in [6.07, 6.45) is 2.62. The minimum absolute atomic E-state index is 0.126. The van der Waals surface area contributed by atoms with Crippen molar-refractivity contribution in [3.63, 3.8) is 0 Å². The van der Waals surface area contributed by atoms with Gasteiger partial charge in [-0.2, -0.15) is 0 Å². The Hall–Kier alpha value is -2.64. The molecule has 0 atom stereocenters. The number of ether oxygens (including phenoxy) is 2. The number of esters is 1. The topological polar surface area (TPSA) is 55.8 Å². The summed E-state index contributed by atoms with van der Waals surface area (Å²) >= 11 is 6.64. The van der Waals surface area contributed by atoms with Gasteiger partial charge in [0.15, 0.2) is 0 Å². The Morgan fingerprint density at radius 3 is 2.48 bits per heavy atom. The van der Waals surface area contributed by atoms with Crippen LogP contribution in [0.3, 0.4) is 0 Å². The molecule has 174 valence electrons. The fourth-order valence-corrected chi connectivity index (χ4v) is 4.76. The molecule has 2 aromatic carbocycles. The number of aryl methyl sites for hydroxylation is 3. The first-order valence-corrected chi connectivity index (χ1v) is 12.2. The lowest BCUT2D eigenvalue weighted by atomic mass is 10.0. The molecule has 0 radical (unpaired) electrons. The number of benzene rings is 2. The van der Waals surface area contributed by atoms with Gasteiger partial charge in [-0.1, -0.05) is 48.2 Å². The number of nitrogens with zero attached hydrogens (tertiary/aromatic N) is 1. The molecule has 5 nitrogen and oxygen atoms in total. The molecule has 0 unspecified atom stereocenters. The fraction of sp³-hybridized carbons (Fsp3) is 0.346. The zero-order valence-corrected chi connectivity index (χ0v) is 21.1. The summed E-state index contributed by atoms with van der Waals surface area (Å²) in [6, 6.07) is 12.0. The maximum absolute atomic E-state index is 12.7. The van der Waals surface area contributed by atoms with Crippen molar-refractivity contribution in [1.29, 1.82) is 0 Å². The third-order valence-corrected chi connectivity index (χ3v) is 6.84. The van der Waals surface area contributed by atoms with E-state index in [4.69, 9.17) is 21.7 Å². The molecule has 1 saturated heterocycles. The predicted molar refractivity (Wildman–Crippen MR) is 137 cm³/mol. The van der Waals surface area contributed by atoms with Gasteiger partial charge >= 0.3 is 5.97 Å². The van der Waals surface area contributed by atoms with Crippen molar-refractivity contribution in [3.05, 3.63) is 69.1 Å². The smallest absolute Gasteiger partial charge is 0.305 e. The zero-order valence-electron chi connectivity index (χ0n) is 19.5. The van der Waals surface area contributed by atoms with E-state index in [-0.39, 0.29) is 18.3 Å². The number of carbonyl (C=O) groups excluding carboxylic acids is 2. The fourth-order valence-electron chi connectivity index (χ4n) is 3.46. The molecular weight excluding hydrogens is 454 g/mol. The van der Waals surface area contributed by atoms with Gasteiger partial charge in [-0.3, -0.25) is 14.5 Å². The predicted octanol–water partition coefficient (Wildman–Crippen LogP) is 5.74. The zero-order chi connectivity index (χ0) is 24.0. The summed E-state index contributed by atoms with van der Waals surface area (Å²) in [7, 11) is 0. The van der Waals surface area contributed by atoms with Crippen LogP contribution in [0, 0.1) is 20.8 Å². The molecule has 2 aromatic rings. The van der Waals surface area contributed by atoms with Gasteiger partial charge < -0.3 is 9.47 Å². The number of thiocarbonyl (C=S) groups is 1. The minimum Gasteiger partial charge on any atom is -0.489 e. The molecule has 1 amide bonds. The SMILES string of the molecule is CCOC(=O)CCCN1C(=O)/C(=C\c2ccc(OCc3cc(C)c(C)cc3C)cc2)SC1=S. The van der Waals surface area contributed by atoms with Gasteiger partial charge in [0.1, 0.15) is 16.7 Å². The maximum atomic E-state index is 12.7. The van der Waals surface area contributed by atoms with E-state index in [0.29, 0.717) is 35.4 Å². The summed E-state index contributed by atoms with van der Waals surface area (Å²) in [5.74, 6) is 0.393. The van der Waals surface area contributed by atoms with Gasteiger partial charge in [-0.25, -0.2) is 0 Å². The molecule has 0 aromatic heterocycles. The van der Waals surface area contributed by atoms with E-state index in [9.17, 15) is 9.59 Å². The Kier molecular flexibility index (Phi) is 8.69. The first kappa shape index (κ1) is 25.0. The van der Waals surface area contributed by atoms with Crippen LogP contribution in [0.15, 0.2) is 41.3 Å². The molecule has 7 heteroatoms. The highest BCUT2D eigenvalue weighted by molar-refractivity contribution is 8.26. The third kappa shape index (κ3) is 6.68. The average molecular weight is 484 g/mol. The first-order chi connectivity index (χ1) is 15.8. The summed E-state index contributed by atoms with van der Waals surface area (Å²) < 4.78 is 11.4. The highest BCUT2D eigenvalue weighted by atomic mass is 32.2. The summed E-state index contributed by atoms with van der Waals surface area (Å²) in [5.41, 5.74) is 5.84. The Morgan fingerprint density at radius 2 is 1.79 bits per heavy atom. The van der Waals surface area contributed by atoms with E-state index in [1.165, 1.54) is 34.0 Å². The van der Waals surface area contributed by atoms with Crippen molar-refractivity contribution in [1.82, 2.24) is 4.90 Å². The van der Waals surface area contributed by atoms with Gasteiger partial charge in [0.05, 0.1) is 11.5 Å². The van der Waals surface area contributed by atoms with Crippen molar-refractivity contribution >= 4 is 46.3 Å². The molecule has 0 spiro atoms. The lowest BCUT2D eigenvalue weighted by molar-refractivity contribution is -0.143. The molecule has 1 heterocycles. The van der Waals surface area contributed by atoms with E-state index < -0.39 is 0 Å². The van der Waals surface area contributed by atoms with Crippen molar-refractivity contribution in [3.8, 4) is 5.75 Å². The van der Waals surface area contributed by atoms with Crippen LogP contribution in [0.25, 0.3) is 6.08 Å². The number of hydrogen-bond donors (Lipinski definition) is 0. The summed E-state index contributed by atoms with van der Waals surface area (Å²) in [5, 5.41) is 0. The normalized spacial score (nSPS) is 14.8. The van der Waals surface area contributed by atoms with Crippen molar-refractivity contribution in [2.45, 2.75) is 47.1 Å². The summed E-state index contributed by atoms with van der Waals surface area (Å²) in [6.45, 7) is 9.37.